The second-order valence-corrected chi connectivity index (χ2v) is 7.22. The van der Waals surface area contributed by atoms with E-state index in [4.69, 9.17) is 16.3 Å². The quantitative estimate of drug-likeness (QED) is 0.505. The summed E-state index contributed by atoms with van der Waals surface area (Å²) in [6.45, 7) is 3.67. The van der Waals surface area contributed by atoms with Gasteiger partial charge in [-0.1, -0.05) is 0 Å². The van der Waals surface area contributed by atoms with E-state index < -0.39 is 0 Å². The van der Waals surface area contributed by atoms with Crippen LogP contribution in [0.5, 0.6) is 0 Å². The van der Waals surface area contributed by atoms with Gasteiger partial charge in [0, 0.05) is 12.1 Å². The molecule has 24 heavy (non-hydrogen) atoms. The lowest BCUT2D eigenvalue weighted by atomic mass is 10.2. The van der Waals surface area contributed by atoms with E-state index in [1.807, 2.05) is 24.7 Å². The van der Waals surface area contributed by atoms with E-state index in [2.05, 4.69) is 20.3 Å². The molecule has 1 aliphatic carbocycles. The molecule has 0 radical (unpaired) electrons. The monoisotopic (exact) mass is 369 g/mol. The molecule has 2 heterocycles. The number of nitrogens with zero attached hydrogens (tertiary/aromatic N) is 4. The number of aromatic nitrogens is 4. The summed E-state index contributed by atoms with van der Waals surface area (Å²) in [5, 5.41) is 3.93. The Morgan fingerprint density at radius 2 is 2.25 bits per heavy atom. The molecule has 0 saturated heterocycles. The third kappa shape index (κ3) is 3.59. The van der Waals surface area contributed by atoms with Crippen LogP contribution in [0.3, 0.4) is 0 Å². The molecule has 0 bridgehead atoms. The number of nitrogens with one attached hydrogen (secondary N) is 1. The van der Waals surface area contributed by atoms with Crippen molar-refractivity contribution in [2.45, 2.75) is 56.3 Å². The second kappa shape index (κ2) is 7.14. The molecule has 0 spiro atoms. The molecule has 2 aromatic heterocycles. The summed E-state index contributed by atoms with van der Waals surface area (Å²) in [6.07, 6.45) is 5.89. The fourth-order valence-electron chi connectivity index (χ4n) is 3.03. The number of rotatable bonds is 4. The van der Waals surface area contributed by atoms with Crippen LogP contribution in [-0.2, 0) is 4.74 Å². The molecule has 2 aromatic rings. The van der Waals surface area contributed by atoms with Crippen molar-refractivity contribution >= 4 is 40.6 Å². The van der Waals surface area contributed by atoms with Crippen molar-refractivity contribution in [3.05, 3.63) is 11.6 Å². The van der Waals surface area contributed by atoms with Gasteiger partial charge in [0.2, 0.25) is 5.28 Å². The summed E-state index contributed by atoms with van der Waals surface area (Å²) in [6, 6.07) is 0.316. The molecule has 0 aromatic carbocycles. The summed E-state index contributed by atoms with van der Waals surface area (Å²) < 4.78 is 7.18. The highest BCUT2D eigenvalue weighted by molar-refractivity contribution is 7.98. The van der Waals surface area contributed by atoms with E-state index in [9.17, 15) is 4.79 Å². The van der Waals surface area contributed by atoms with Crippen LogP contribution in [0.25, 0.3) is 11.2 Å². The van der Waals surface area contributed by atoms with Crippen molar-refractivity contribution in [3.63, 3.8) is 0 Å². The van der Waals surface area contributed by atoms with Gasteiger partial charge >= 0.3 is 6.09 Å². The smallest absolute Gasteiger partial charge is 0.407 e. The Morgan fingerprint density at radius 1 is 1.46 bits per heavy atom. The van der Waals surface area contributed by atoms with Crippen LogP contribution in [0.2, 0.25) is 5.28 Å². The van der Waals surface area contributed by atoms with Crippen LogP contribution < -0.4 is 5.32 Å². The number of ether oxygens (including phenoxy) is 1. The first-order valence-electron chi connectivity index (χ1n) is 7.89. The van der Waals surface area contributed by atoms with Crippen molar-refractivity contribution in [2.75, 3.05) is 6.26 Å². The molecule has 130 valence electrons. The lowest BCUT2D eigenvalue weighted by Crippen LogP contribution is -2.34. The second-order valence-electron chi connectivity index (χ2n) is 6.09. The molecule has 9 heteroatoms. The van der Waals surface area contributed by atoms with Gasteiger partial charge in [0.15, 0.2) is 5.65 Å². The Morgan fingerprint density at radius 3 is 2.96 bits per heavy atom. The minimum Gasteiger partial charge on any atom is -0.447 e. The van der Waals surface area contributed by atoms with Gasteiger partial charge in [0.1, 0.15) is 10.5 Å². The Labute approximate surface area is 149 Å². The molecule has 0 aliphatic heterocycles. The van der Waals surface area contributed by atoms with Gasteiger partial charge in [-0.15, -0.1) is 11.8 Å². The van der Waals surface area contributed by atoms with Crippen LogP contribution in [0.4, 0.5) is 4.79 Å². The number of halogens is 1. The maximum absolute atomic E-state index is 11.7. The summed E-state index contributed by atoms with van der Waals surface area (Å²) in [7, 11) is 0. The van der Waals surface area contributed by atoms with Crippen LogP contribution >= 0.6 is 23.4 Å². The van der Waals surface area contributed by atoms with Crippen molar-refractivity contribution in [1.82, 2.24) is 24.8 Å². The highest BCUT2D eigenvalue weighted by atomic mass is 35.5. The topological polar surface area (TPSA) is 81.9 Å². The number of imidazole rings is 1. The van der Waals surface area contributed by atoms with E-state index in [0.717, 1.165) is 35.5 Å². The summed E-state index contributed by atoms with van der Waals surface area (Å²) in [5.74, 6) is 0. The predicted octanol–water partition coefficient (Wildman–Crippen LogP) is 3.43. The van der Waals surface area contributed by atoms with Gasteiger partial charge in [0.05, 0.1) is 12.4 Å². The minimum atomic E-state index is -0.360. The molecular formula is C15H20ClN5O2S. The van der Waals surface area contributed by atoms with Crippen molar-refractivity contribution in [2.24, 2.45) is 0 Å². The third-order valence-corrected chi connectivity index (χ3v) is 4.86. The Bertz CT molecular complexity index is 751. The first kappa shape index (κ1) is 17.3. The average molecular weight is 370 g/mol. The Kier molecular flexibility index (Phi) is 5.15. The maximum atomic E-state index is 11.7. The number of fused-ring (bicyclic) bond motifs is 1. The van der Waals surface area contributed by atoms with Gasteiger partial charge < -0.3 is 14.6 Å². The highest BCUT2D eigenvalue weighted by Crippen LogP contribution is 2.33. The van der Waals surface area contributed by atoms with Crippen LogP contribution in [0.15, 0.2) is 11.4 Å². The summed E-state index contributed by atoms with van der Waals surface area (Å²) in [4.78, 5) is 24.7. The minimum absolute atomic E-state index is 0.0935. The zero-order chi connectivity index (χ0) is 17.3. The normalized spacial score (nSPS) is 20.7. The summed E-state index contributed by atoms with van der Waals surface area (Å²) in [5.41, 5.74) is 1.51. The van der Waals surface area contributed by atoms with Crippen LogP contribution in [0.1, 0.15) is 39.2 Å². The number of thioether (sulfide) groups is 1. The maximum Gasteiger partial charge on any atom is 0.407 e. The first-order valence-corrected chi connectivity index (χ1v) is 9.49. The zero-order valence-corrected chi connectivity index (χ0v) is 15.4. The highest BCUT2D eigenvalue weighted by Gasteiger charge is 2.29. The first-order chi connectivity index (χ1) is 11.5. The number of amides is 1. The van der Waals surface area contributed by atoms with Gasteiger partial charge in [-0.2, -0.15) is 4.98 Å². The number of hydrogen-bond donors (Lipinski definition) is 1. The lowest BCUT2D eigenvalue weighted by molar-refractivity contribution is 0.112. The van der Waals surface area contributed by atoms with Crippen LogP contribution in [-0.4, -0.2) is 44.0 Å². The SMILES string of the molecule is CSc1nc(Cl)nc2c1ncn2[C@@H]1CC[C@H](NC(=O)OC(C)C)C1. The molecule has 2 atom stereocenters. The molecule has 1 N–H and O–H groups in total. The van der Waals surface area contributed by atoms with E-state index in [-0.39, 0.29) is 29.6 Å². The Balaban J connectivity index is 1.75. The fourth-order valence-corrected chi connectivity index (χ4v) is 3.76. The molecular weight excluding hydrogens is 350 g/mol. The standard InChI is InChI=1S/C15H20ClN5O2S/c1-8(2)23-15(22)18-9-4-5-10(6-9)21-7-17-11-12(21)19-14(16)20-13(11)24-3/h7-10H,4-6H2,1-3H3,(H,18,22)/t9-,10+/m0/s1. The summed E-state index contributed by atoms with van der Waals surface area (Å²) >= 11 is 7.53. The number of carbonyl (C=O) groups is 1. The van der Waals surface area contributed by atoms with Gasteiger partial charge in [0.25, 0.3) is 0 Å². The van der Waals surface area contributed by atoms with E-state index in [1.165, 1.54) is 11.8 Å². The van der Waals surface area contributed by atoms with Crippen molar-refractivity contribution < 1.29 is 9.53 Å². The molecule has 7 nitrogen and oxygen atoms in total. The number of alkyl carbamates (subject to hydrolysis) is 1. The molecule has 1 fully saturated rings. The zero-order valence-electron chi connectivity index (χ0n) is 13.8. The lowest BCUT2D eigenvalue weighted by Gasteiger charge is -2.16. The predicted molar refractivity (Wildman–Crippen MR) is 93.5 cm³/mol. The number of hydrogen-bond acceptors (Lipinski definition) is 6. The molecule has 1 aliphatic rings. The molecule has 3 rings (SSSR count). The van der Waals surface area contributed by atoms with Crippen molar-refractivity contribution in [1.29, 1.82) is 0 Å². The fraction of sp³-hybridized carbons (Fsp3) is 0.600. The van der Waals surface area contributed by atoms with Gasteiger partial charge in [-0.25, -0.2) is 14.8 Å². The number of carbonyl (C=O) groups excluding carboxylic acids is 1. The van der Waals surface area contributed by atoms with E-state index in [0.29, 0.717) is 0 Å². The Hall–Kier alpha value is -1.54. The van der Waals surface area contributed by atoms with Crippen LogP contribution in [0, 0.1) is 0 Å². The largest absolute Gasteiger partial charge is 0.447 e. The van der Waals surface area contributed by atoms with Gasteiger partial charge in [-0.05, 0) is 51.0 Å². The van der Waals surface area contributed by atoms with E-state index >= 15 is 0 Å². The van der Waals surface area contributed by atoms with Crippen molar-refractivity contribution in [3.8, 4) is 0 Å². The molecule has 1 saturated carbocycles. The molecule has 0 unspecified atom stereocenters. The van der Waals surface area contributed by atoms with E-state index in [1.54, 1.807) is 6.33 Å². The van der Waals surface area contributed by atoms with Gasteiger partial charge in [-0.3, -0.25) is 0 Å². The average Bonchev–Trinajstić information content (AvgIpc) is 3.11. The third-order valence-electron chi connectivity index (χ3n) is 4.02. The molecule has 1 amide bonds.